The Morgan fingerprint density at radius 1 is 1.23 bits per heavy atom. The number of rotatable bonds is 3. The molecule has 1 N–H and O–H groups in total. The van der Waals surface area contributed by atoms with Crippen LogP contribution in [0.4, 0.5) is 0 Å². The molecule has 4 heterocycles. The second-order valence-electron chi connectivity index (χ2n) is 6.14. The number of fused-ring (bicyclic) bond motifs is 2. The number of nitrogens with one attached hydrogen (secondary N) is 1. The minimum absolute atomic E-state index is 0.189. The normalized spacial score (nSPS) is 32.2. The van der Waals surface area contributed by atoms with E-state index >= 15 is 0 Å². The van der Waals surface area contributed by atoms with E-state index in [2.05, 4.69) is 43.5 Å². The quantitative estimate of drug-likeness (QED) is 0.893. The van der Waals surface area contributed by atoms with Crippen molar-refractivity contribution in [3.63, 3.8) is 0 Å². The number of methoxy groups -OCH3 is 2. The van der Waals surface area contributed by atoms with Crippen LogP contribution in [-0.4, -0.2) is 44.0 Å². The molecule has 2 bridgehead atoms. The number of benzene rings is 1. The fourth-order valence-electron chi connectivity index (χ4n) is 4.03. The lowest BCUT2D eigenvalue weighted by atomic mass is 9.78. The Hall–Kier alpha value is -1.27. The van der Waals surface area contributed by atoms with E-state index in [1.165, 1.54) is 37.2 Å². The van der Waals surface area contributed by atoms with Gasteiger partial charge in [0.05, 0.1) is 36.5 Å². The Balaban J connectivity index is 1.70. The fraction of sp³-hybridized carbons (Fsp3) is 0.562. The van der Waals surface area contributed by atoms with E-state index in [1.807, 2.05) is 0 Å². The van der Waals surface area contributed by atoms with Crippen LogP contribution in [-0.2, 0) is 0 Å². The lowest BCUT2D eigenvalue weighted by Gasteiger charge is -2.45. The zero-order valence-electron chi connectivity index (χ0n) is 12.8. The first-order valence-corrected chi connectivity index (χ1v) is 8.50. The number of hydrogen-bond donors (Lipinski definition) is 1. The van der Waals surface area contributed by atoms with Crippen LogP contribution in [0, 0.1) is 5.92 Å². The Morgan fingerprint density at radius 2 is 2.00 bits per heavy atom. The zero-order chi connectivity index (χ0) is 15.3. The van der Waals surface area contributed by atoms with Crippen LogP contribution in [0.15, 0.2) is 21.7 Å². The van der Waals surface area contributed by atoms with Gasteiger partial charge in [-0.05, 0) is 59.6 Å². The van der Waals surface area contributed by atoms with E-state index in [4.69, 9.17) is 9.47 Å². The topological polar surface area (TPSA) is 46.1 Å². The average Bonchev–Trinajstić information content (AvgIpc) is 3.02. The first kappa shape index (κ1) is 14.3. The van der Waals surface area contributed by atoms with Gasteiger partial charge in [0.15, 0.2) is 11.5 Å². The van der Waals surface area contributed by atoms with Crippen molar-refractivity contribution in [2.24, 2.45) is 11.0 Å². The molecule has 0 amide bonds. The monoisotopic (exact) mass is 365 g/mol. The molecule has 0 spiro atoms. The third-order valence-electron chi connectivity index (χ3n) is 5.11. The van der Waals surface area contributed by atoms with E-state index < -0.39 is 0 Å². The summed E-state index contributed by atoms with van der Waals surface area (Å²) < 4.78 is 11.8. The number of hydrogen-bond acceptors (Lipinski definition) is 5. The molecule has 5 nitrogen and oxygen atoms in total. The Kier molecular flexibility index (Phi) is 3.53. The maximum atomic E-state index is 5.48. The molecule has 118 valence electrons. The maximum absolute atomic E-state index is 5.48. The first-order chi connectivity index (χ1) is 10.7. The predicted molar refractivity (Wildman–Crippen MR) is 88.6 cm³/mol. The number of ether oxygens (including phenoxy) is 2. The van der Waals surface area contributed by atoms with E-state index in [0.717, 1.165) is 16.0 Å². The van der Waals surface area contributed by atoms with Crippen LogP contribution in [0.1, 0.15) is 24.4 Å². The predicted octanol–water partition coefficient (Wildman–Crippen LogP) is 2.56. The number of nitrogens with zero attached hydrogens (tertiary/aromatic N) is 2. The molecular weight excluding hydrogens is 346 g/mol. The molecular formula is C16H20BrN3O2. The summed E-state index contributed by atoms with van der Waals surface area (Å²) >= 11 is 3.59. The third-order valence-corrected chi connectivity index (χ3v) is 5.70. The molecule has 3 saturated heterocycles. The van der Waals surface area contributed by atoms with Crippen LogP contribution < -0.4 is 14.9 Å². The molecule has 0 saturated carbocycles. The second-order valence-corrected chi connectivity index (χ2v) is 6.99. The molecule has 2 unspecified atom stereocenters. The lowest BCUT2D eigenvalue weighted by molar-refractivity contribution is 0.133. The molecule has 0 aliphatic carbocycles. The van der Waals surface area contributed by atoms with E-state index in [1.54, 1.807) is 14.2 Å². The van der Waals surface area contributed by atoms with Gasteiger partial charge in [-0.3, -0.25) is 4.90 Å². The molecule has 4 aliphatic rings. The Labute approximate surface area is 138 Å². The van der Waals surface area contributed by atoms with E-state index in [9.17, 15) is 0 Å². The van der Waals surface area contributed by atoms with Gasteiger partial charge < -0.3 is 14.9 Å². The molecule has 5 rings (SSSR count). The number of halogens is 1. The van der Waals surface area contributed by atoms with E-state index in [-0.39, 0.29) is 6.04 Å². The summed E-state index contributed by atoms with van der Waals surface area (Å²) in [6.07, 6.45) is 2.50. The van der Waals surface area contributed by atoms with Crippen LogP contribution in [0.3, 0.4) is 0 Å². The van der Waals surface area contributed by atoms with Gasteiger partial charge in [0.2, 0.25) is 0 Å². The Morgan fingerprint density at radius 3 is 2.68 bits per heavy atom. The summed E-state index contributed by atoms with van der Waals surface area (Å²) in [7, 11) is 3.33. The minimum atomic E-state index is 0.189. The highest BCUT2D eigenvalue weighted by Crippen LogP contribution is 2.43. The van der Waals surface area contributed by atoms with Crippen molar-refractivity contribution >= 4 is 21.6 Å². The smallest absolute Gasteiger partial charge is 0.174 e. The molecule has 6 heteroatoms. The molecule has 0 radical (unpaired) electrons. The highest BCUT2D eigenvalue weighted by molar-refractivity contribution is 9.10. The van der Waals surface area contributed by atoms with Gasteiger partial charge in [-0.15, -0.1) is 0 Å². The SMILES string of the molecule is COc1cc(C2NN=C3C4CCN(CC4)C32)cc(Br)c1OC. The summed E-state index contributed by atoms with van der Waals surface area (Å²) in [6, 6.07) is 4.75. The summed E-state index contributed by atoms with van der Waals surface area (Å²) in [5.41, 5.74) is 5.88. The molecule has 1 aromatic carbocycles. The zero-order valence-corrected chi connectivity index (χ0v) is 14.4. The van der Waals surface area contributed by atoms with Gasteiger partial charge in [0, 0.05) is 5.92 Å². The number of piperidine rings is 3. The molecule has 3 fully saturated rings. The highest BCUT2D eigenvalue weighted by atomic mass is 79.9. The Bertz CT molecular complexity index is 626. The molecule has 1 aromatic rings. The lowest BCUT2D eigenvalue weighted by Crippen LogP contribution is -2.56. The third kappa shape index (κ3) is 2.04. The molecule has 2 atom stereocenters. The van der Waals surface area contributed by atoms with Gasteiger partial charge in [-0.1, -0.05) is 0 Å². The van der Waals surface area contributed by atoms with Crippen molar-refractivity contribution in [1.29, 1.82) is 0 Å². The van der Waals surface area contributed by atoms with Crippen LogP contribution >= 0.6 is 15.9 Å². The highest BCUT2D eigenvalue weighted by Gasteiger charge is 2.46. The van der Waals surface area contributed by atoms with Crippen molar-refractivity contribution in [3.8, 4) is 11.5 Å². The van der Waals surface area contributed by atoms with Gasteiger partial charge in [-0.2, -0.15) is 5.10 Å². The summed E-state index contributed by atoms with van der Waals surface area (Å²) in [4.78, 5) is 2.56. The second kappa shape index (κ2) is 5.42. The van der Waals surface area contributed by atoms with Gasteiger partial charge >= 0.3 is 0 Å². The molecule has 0 aromatic heterocycles. The minimum Gasteiger partial charge on any atom is -0.493 e. The average molecular weight is 366 g/mol. The van der Waals surface area contributed by atoms with Crippen LogP contribution in [0.25, 0.3) is 0 Å². The maximum Gasteiger partial charge on any atom is 0.174 e. The van der Waals surface area contributed by atoms with Crippen LogP contribution in [0.2, 0.25) is 0 Å². The summed E-state index contributed by atoms with van der Waals surface area (Å²) in [5.74, 6) is 2.14. The van der Waals surface area contributed by atoms with E-state index in [0.29, 0.717) is 12.0 Å². The van der Waals surface area contributed by atoms with Gasteiger partial charge in [-0.25, -0.2) is 0 Å². The van der Waals surface area contributed by atoms with Crippen LogP contribution in [0.5, 0.6) is 11.5 Å². The standard InChI is InChI=1S/C16H20BrN3O2/c1-21-12-8-10(7-11(17)16(12)22-2)14-15-13(18-19-14)9-3-5-20(15)6-4-9/h7-9,14-15,19H,3-6H2,1-2H3. The van der Waals surface area contributed by atoms with Crippen molar-refractivity contribution < 1.29 is 9.47 Å². The van der Waals surface area contributed by atoms with Crippen molar-refractivity contribution in [2.75, 3.05) is 27.3 Å². The summed E-state index contributed by atoms with van der Waals surface area (Å²) in [5, 5.41) is 4.66. The van der Waals surface area contributed by atoms with Gasteiger partial charge in [0.25, 0.3) is 0 Å². The summed E-state index contributed by atoms with van der Waals surface area (Å²) in [6.45, 7) is 2.36. The first-order valence-electron chi connectivity index (χ1n) is 7.71. The van der Waals surface area contributed by atoms with Gasteiger partial charge in [0.1, 0.15) is 0 Å². The fourth-order valence-corrected chi connectivity index (χ4v) is 4.65. The van der Waals surface area contributed by atoms with Crippen molar-refractivity contribution in [1.82, 2.24) is 10.3 Å². The van der Waals surface area contributed by atoms with Crippen molar-refractivity contribution in [2.45, 2.75) is 24.9 Å². The largest absolute Gasteiger partial charge is 0.493 e. The molecule has 4 aliphatic heterocycles. The van der Waals surface area contributed by atoms with Crippen molar-refractivity contribution in [3.05, 3.63) is 22.2 Å². The molecule has 22 heavy (non-hydrogen) atoms. The number of hydrazone groups is 1.